The minimum Gasteiger partial charge on any atom is -0.378 e. The molecule has 0 aromatic carbocycles. The smallest absolute Gasteiger partial charge is 0.266 e. The lowest BCUT2D eigenvalue weighted by Crippen LogP contribution is -2.37. The van der Waals surface area contributed by atoms with E-state index in [1.54, 1.807) is 0 Å². The van der Waals surface area contributed by atoms with Crippen molar-refractivity contribution in [3.05, 3.63) is 5.89 Å². The number of ether oxygens (including phenoxy) is 1. The Kier molecular flexibility index (Phi) is 3.11. The van der Waals surface area contributed by atoms with Crippen LogP contribution in [0.2, 0.25) is 0 Å². The second-order valence-corrected chi connectivity index (χ2v) is 4.59. The van der Waals surface area contributed by atoms with Crippen molar-refractivity contribution in [2.75, 3.05) is 37.7 Å². The first-order valence-electron chi connectivity index (χ1n) is 5.50. The van der Waals surface area contributed by atoms with E-state index in [4.69, 9.17) is 15.0 Å². The topological polar surface area (TPSA) is 77.4 Å². The summed E-state index contributed by atoms with van der Waals surface area (Å²) in [4.78, 5) is 6.45. The quantitative estimate of drug-likeness (QED) is 0.790. The summed E-state index contributed by atoms with van der Waals surface area (Å²) in [5.41, 5.74) is 5.40. The highest BCUT2D eigenvalue weighted by Crippen LogP contribution is 2.22. The summed E-state index contributed by atoms with van der Waals surface area (Å²) < 4.78 is 10.5. The van der Waals surface area contributed by atoms with Crippen LogP contribution in [0.5, 0.6) is 0 Å². The Morgan fingerprint density at radius 3 is 2.69 bits per heavy atom. The summed E-state index contributed by atoms with van der Waals surface area (Å²) in [5.74, 6) is 1.23. The standard InChI is InChI=1S/C10H18N4O2/c1-10(2,7-11)8-12-9(13-16-8)14-3-5-15-6-4-14/h3-7,11H2,1-2H3. The average molecular weight is 226 g/mol. The molecule has 1 fully saturated rings. The molecule has 2 N–H and O–H groups in total. The van der Waals surface area contributed by atoms with Crippen LogP contribution in [0.3, 0.4) is 0 Å². The van der Waals surface area contributed by atoms with Crippen molar-refractivity contribution in [3.63, 3.8) is 0 Å². The molecule has 0 unspecified atom stereocenters. The van der Waals surface area contributed by atoms with E-state index in [9.17, 15) is 0 Å². The summed E-state index contributed by atoms with van der Waals surface area (Å²) in [6.45, 7) is 7.50. The fraction of sp³-hybridized carbons (Fsp3) is 0.800. The lowest BCUT2D eigenvalue weighted by molar-refractivity contribution is 0.121. The van der Waals surface area contributed by atoms with Crippen LogP contribution >= 0.6 is 0 Å². The molecular weight excluding hydrogens is 208 g/mol. The molecule has 90 valence electrons. The Balaban J connectivity index is 2.12. The highest BCUT2D eigenvalue weighted by atomic mass is 16.5. The summed E-state index contributed by atoms with van der Waals surface area (Å²) in [5, 5.41) is 3.98. The van der Waals surface area contributed by atoms with Crippen LogP contribution in [-0.2, 0) is 10.2 Å². The lowest BCUT2D eigenvalue weighted by Gasteiger charge is -2.24. The van der Waals surface area contributed by atoms with Gasteiger partial charge in [-0.3, -0.25) is 0 Å². The first-order chi connectivity index (χ1) is 7.63. The molecule has 0 atom stereocenters. The summed E-state index contributed by atoms with van der Waals surface area (Å²) >= 11 is 0. The van der Waals surface area contributed by atoms with Gasteiger partial charge in [0.25, 0.3) is 5.95 Å². The Bertz CT molecular complexity index is 344. The van der Waals surface area contributed by atoms with E-state index in [-0.39, 0.29) is 5.41 Å². The van der Waals surface area contributed by atoms with Crippen LogP contribution in [0, 0.1) is 0 Å². The fourth-order valence-electron chi connectivity index (χ4n) is 1.47. The minimum absolute atomic E-state index is 0.266. The van der Waals surface area contributed by atoms with Crippen LogP contribution in [-0.4, -0.2) is 43.0 Å². The summed E-state index contributed by atoms with van der Waals surface area (Å²) in [7, 11) is 0. The van der Waals surface area contributed by atoms with Crippen LogP contribution in [0.15, 0.2) is 4.52 Å². The van der Waals surface area contributed by atoms with Crippen molar-refractivity contribution < 1.29 is 9.26 Å². The van der Waals surface area contributed by atoms with Gasteiger partial charge in [0, 0.05) is 19.6 Å². The minimum atomic E-state index is -0.266. The molecule has 2 heterocycles. The Hall–Kier alpha value is -1.14. The van der Waals surface area contributed by atoms with E-state index in [2.05, 4.69) is 15.0 Å². The van der Waals surface area contributed by atoms with Crippen LogP contribution in [0.4, 0.5) is 5.95 Å². The highest BCUT2D eigenvalue weighted by Gasteiger charge is 2.27. The van der Waals surface area contributed by atoms with Gasteiger partial charge >= 0.3 is 0 Å². The third-order valence-corrected chi connectivity index (χ3v) is 2.80. The van der Waals surface area contributed by atoms with Gasteiger partial charge in [0.15, 0.2) is 0 Å². The van der Waals surface area contributed by atoms with Crippen molar-refractivity contribution >= 4 is 5.95 Å². The highest BCUT2D eigenvalue weighted by molar-refractivity contribution is 5.29. The number of anilines is 1. The van der Waals surface area contributed by atoms with E-state index >= 15 is 0 Å². The largest absolute Gasteiger partial charge is 0.378 e. The molecule has 1 aromatic heterocycles. The number of aromatic nitrogens is 2. The molecule has 0 aliphatic carbocycles. The molecule has 6 nitrogen and oxygen atoms in total. The van der Waals surface area contributed by atoms with Crippen molar-refractivity contribution in [2.45, 2.75) is 19.3 Å². The van der Waals surface area contributed by atoms with Crippen molar-refractivity contribution in [2.24, 2.45) is 5.73 Å². The molecule has 0 saturated carbocycles. The third kappa shape index (κ3) is 2.17. The molecule has 0 bridgehead atoms. The molecule has 0 amide bonds. The normalized spacial score (nSPS) is 17.8. The van der Waals surface area contributed by atoms with Gasteiger partial charge in [-0.1, -0.05) is 0 Å². The predicted octanol–water partition coefficient (Wildman–Crippen LogP) is 0.143. The van der Waals surface area contributed by atoms with E-state index in [1.165, 1.54) is 0 Å². The van der Waals surface area contributed by atoms with E-state index in [0.717, 1.165) is 13.1 Å². The first kappa shape index (κ1) is 11.3. The molecule has 1 aromatic rings. The fourth-order valence-corrected chi connectivity index (χ4v) is 1.47. The maximum atomic E-state index is 5.66. The van der Waals surface area contributed by atoms with Gasteiger partial charge in [-0.2, -0.15) is 4.98 Å². The molecule has 0 spiro atoms. The molecular formula is C10H18N4O2. The number of hydrogen-bond donors (Lipinski definition) is 1. The molecule has 0 radical (unpaired) electrons. The van der Waals surface area contributed by atoms with Crippen molar-refractivity contribution in [1.29, 1.82) is 0 Å². The van der Waals surface area contributed by atoms with Gasteiger partial charge in [-0.05, 0) is 19.0 Å². The van der Waals surface area contributed by atoms with Crippen molar-refractivity contribution in [3.8, 4) is 0 Å². The monoisotopic (exact) mass is 226 g/mol. The molecule has 1 saturated heterocycles. The third-order valence-electron chi connectivity index (χ3n) is 2.80. The van der Waals surface area contributed by atoms with Gasteiger partial charge in [0.2, 0.25) is 5.89 Å². The first-order valence-corrected chi connectivity index (χ1v) is 5.50. The molecule has 16 heavy (non-hydrogen) atoms. The maximum absolute atomic E-state index is 5.66. The number of hydrogen-bond acceptors (Lipinski definition) is 6. The molecule has 1 aliphatic rings. The number of rotatable bonds is 3. The van der Waals surface area contributed by atoms with E-state index in [1.807, 2.05) is 13.8 Å². The van der Waals surface area contributed by atoms with Gasteiger partial charge in [0.1, 0.15) is 0 Å². The average Bonchev–Trinajstić information content (AvgIpc) is 2.80. The lowest BCUT2D eigenvalue weighted by atomic mass is 9.94. The molecule has 1 aliphatic heterocycles. The van der Waals surface area contributed by atoms with Crippen LogP contribution < -0.4 is 10.6 Å². The Morgan fingerprint density at radius 2 is 2.06 bits per heavy atom. The van der Waals surface area contributed by atoms with Gasteiger partial charge in [-0.25, -0.2) is 0 Å². The summed E-state index contributed by atoms with van der Waals surface area (Å²) in [6.07, 6.45) is 0. The van der Waals surface area contributed by atoms with Crippen molar-refractivity contribution in [1.82, 2.24) is 10.1 Å². The SMILES string of the molecule is CC(C)(CN)c1nc(N2CCOCC2)no1. The van der Waals surface area contributed by atoms with Crippen LogP contribution in [0.1, 0.15) is 19.7 Å². The molecule has 2 rings (SSSR count). The molecule has 6 heteroatoms. The van der Waals surface area contributed by atoms with Crippen LogP contribution in [0.25, 0.3) is 0 Å². The van der Waals surface area contributed by atoms with Gasteiger partial charge < -0.3 is 19.9 Å². The zero-order chi connectivity index (χ0) is 11.6. The van der Waals surface area contributed by atoms with Gasteiger partial charge in [-0.15, -0.1) is 0 Å². The maximum Gasteiger partial charge on any atom is 0.266 e. The van der Waals surface area contributed by atoms with E-state index in [0.29, 0.717) is 31.6 Å². The number of morpholine rings is 1. The second-order valence-electron chi connectivity index (χ2n) is 4.59. The predicted molar refractivity (Wildman–Crippen MR) is 59.4 cm³/mol. The van der Waals surface area contributed by atoms with Gasteiger partial charge in [0.05, 0.1) is 18.6 Å². The Morgan fingerprint density at radius 1 is 1.38 bits per heavy atom. The zero-order valence-corrected chi connectivity index (χ0v) is 9.77. The zero-order valence-electron chi connectivity index (χ0n) is 9.77. The number of nitrogens with zero attached hydrogens (tertiary/aromatic N) is 3. The second kappa shape index (κ2) is 4.39. The summed E-state index contributed by atoms with van der Waals surface area (Å²) in [6, 6.07) is 0. The Labute approximate surface area is 94.7 Å². The number of nitrogens with two attached hydrogens (primary N) is 1. The van der Waals surface area contributed by atoms with E-state index < -0.39 is 0 Å².